The van der Waals surface area contributed by atoms with E-state index in [2.05, 4.69) is 20.6 Å². The number of halogens is 1. The van der Waals surface area contributed by atoms with Gasteiger partial charge in [-0.25, -0.2) is 4.98 Å². The first-order valence-electron chi connectivity index (χ1n) is 6.01. The Morgan fingerprint density at radius 2 is 2.29 bits per heavy atom. The van der Waals surface area contributed by atoms with Crippen LogP contribution < -0.4 is 5.32 Å². The van der Waals surface area contributed by atoms with Crippen LogP contribution in [0.3, 0.4) is 0 Å². The number of pyridine rings is 1. The molecule has 0 atom stereocenters. The summed E-state index contributed by atoms with van der Waals surface area (Å²) >= 11 is 5.65. The van der Waals surface area contributed by atoms with Gasteiger partial charge in [-0.3, -0.25) is 19.6 Å². The molecule has 0 aliphatic heterocycles. The van der Waals surface area contributed by atoms with Crippen molar-refractivity contribution < 1.29 is 9.72 Å². The highest BCUT2D eigenvalue weighted by molar-refractivity contribution is 6.32. The van der Waals surface area contributed by atoms with E-state index >= 15 is 0 Å². The zero-order valence-electron chi connectivity index (χ0n) is 10.8. The van der Waals surface area contributed by atoms with Crippen molar-refractivity contribution >= 4 is 23.2 Å². The van der Waals surface area contributed by atoms with Gasteiger partial charge in [-0.2, -0.15) is 0 Å². The molecule has 0 spiro atoms. The minimum Gasteiger partial charge on any atom is -0.352 e. The van der Waals surface area contributed by atoms with E-state index in [4.69, 9.17) is 11.6 Å². The first-order valence-corrected chi connectivity index (χ1v) is 6.38. The maximum absolute atomic E-state index is 11.9. The molecule has 0 aromatic carbocycles. The Hall–Kier alpha value is -2.55. The van der Waals surface area contributed by atoms with Gasteiger partial charge in [0.1, 0.15) is 5.56 Å². The number of hydrogen-bond donors (Lipinski definition) is 1. The first-order chi connectivity index (χ1) is 10.1. The maximum atomic E-state index is 11.9. The van der Waals surface area contributed by atoms with E-state index in [-0.39, 0.29) is 10.7 Å². The van der Waals surface area contributed by atoms with Crippen molar-refractivity contribution in [3.63, 3.8) is 0 Å². The fourth-order valence-corrected chi connectivity index (χ4v) is 1.90. The monoisotopic (exact) mass is 310 g/mol. The first kappa shape index (κ1) is 14.9. The van der Waals surface area contributed by atoms with Crippen molar-refractivity contribution in [3.8, 4) is 0 Å². The molecule has 9 nitrogen and oxygen atoms in total. The minimum absolute atomic E-state index is 0.110. The Balaban J connectivity index is 1.94. The fraction of sp³-hybridized carbons (Fsp3) is 0.273. The second-order valence-corrected chi connectivity index (χ2v) is 4.39. The summed E-state index contributed by atoms with van der Waals surface area (Å²) in [5, 5.41) is 20.6. The Morgan fingerprint density at radius 3 is 2.95 bits per heavy atom. The molecule has 2 heterocycles. The second kappa shape index (κ2) is 6.75. The molecule has 0 aliphatic rings. The van der Waals surface area contributed by atoms with E-state index in [0.29, 0.717) is 19.5 Å². The van der Waals surface area contributed by atoms with Crippen molar-refractivity contribution in [1.29, 1.82) is 0 Å². The van der Waals surface area contributed by atoms with Crippen LogP contribution in [0.25, 0.3) is 0 Å². The van der Waals surface area contributed by atoms with Gasteiger partial charge in [0.2, 0.25) is 5.15 Å². The molecule has 1 amide bonds. The molecule has 0 saturated carbocycles. The van der Waals surface area contributed by atoms with Gasteiger partial charge in [-0.15, -0.1) is 5.10 Å². The summed E-state index contributed by atoms with van der Waals surface area (Å²) in [6, 6.07) is 1.26. The summed E-state index contributed by atoms with van der Waals surface area (Å²) < 4.78 is 1.62. The highest BCUT2D eigenvalue weighted by Crippen LogP contribution is 2.25. The number of amides is 1. The molecule has 2 rings (SSSR count). The molecule has 0 radical (unpaired) electrons. The van der Waals surface area contributed by atoms with Crippen LogP contribution in [-0.2, 0) is 6.54 Å². The molecule has 0 unspecified atom stereocenters. The standard InChI is InChI=1S/C11H11ClN6O3/c12-10-9(18(20)21)8(2-4-13-10)11(19)14-3-1-6-17-7-5-15-16-17/h2,4-5,7H,1,3,6H2,(H,14,19). The molecule has 2 aromatic rings. The van der Waals surface area contributed by atoms with Gasteiger partial charge in [0.15, 0.2) is 0 Å². The molecule has 1 N–H and O–H groups in total. The maximum Gasteiger partial charge on any atom is 0.319 e. The molecule has 2 aromatic heterocycles. The van der Waals surface area contributed by atoms with Gasteiger partial charge in [-0.05, 0) is 12.5 Å². The van der Waals surface area contributed by atoms with Crippen molar-refractivity contribution in [3.05, 3.63) is 45.5 Å². The van der Waals surface area contributed by atoms with Crippen molar-refractivity contribution in [2.45, 2.75) is 13.0 Å². The SMILES string of the molecule is O=C(NCCCn1ccnn1)c1ccnc(Cl)c1[N+](=O)[O-]. The van der Waals surface area contributed by atoms with Crippen LogP contribution >= 0.6 is 11.6 Å². The summed E-state index contributed by atoms with van der Waals surface area (Å²) in [5.74, 6) is -0.565. The molecule has 0 aliphatic carbocycles. The summed E-state index contributed by atoms with van der Waals surface area (Å²) in [7, 11) is 0. The van der Waals surface area contributed by atoms with Gasteiger partial charge in [-0.1, -0.05) is 16.8 Å². The lowest BCUT2D eigenvalue weighted by atomic mass is 10.2. The summed E-state index contributed by atoms with van der Waals surface area (Å²) in [4.78, 5) is 25.7. The van der Waals surface area contributed by atoms with Crippen LogP contribution in [0.5, 0.6) is 0 Å². The van der Waals surface area contributed by atoms with E-state index in [0.717, 1.165) is 0 Å². The molecular formula is C11H11ClN6O3. The predicted octanol–water partition coefficient (Wildman–Crippen LogP) is 1.05. The van der Waals surface area contributed by atoms with E-state index < -0.39 is 16.5 Å². The van der Waals surface area contributed by atoms with E-state index in [9.17, 15) is 14.9 Å². The van der Waals surface area contributed by atoms with Crippen LogP contribution in [0.2, 0.25) is 5.15 Å². The number of nitrogens with one attached hydrogen (secondary N) is 1. The van der Waals surface area contributed by atoms with Crippen molar-refractivity contribution in [1.82, 2.24) is 25.3 Å². The Labute approximate surface area is 124 Å². The minimum atomic E-state index is -0.723. The largest absolute Gasteiger partial charge is 0.352 e. The van der Waals surface area contributed by atoms with Crippen LogP contribution in [0, 0.1) is 10.1 Å². The van der Waals surface area contributed by atoms with Gasteiger partial charge in [0.05, 0.1) is 11.1 Å². The van der Waals surface area contributed by atoms with Gasteiger partial charge >= 0.3 is 5.69 Å². The van der Waals surface area contributed by atoms with Crippen LogP contribution in [0.4, 0.5) is 5.69 Å². The number of rotatable bonds is 6. The lowest BCUT2D eigenvalue weighted by Crippen LogP contribution is -2.26. The highest BCUT2D eigenvalue weighted by atomic mass is 35.5. The highest BCUT2D eigenvalue weighted by Gasteiger charge is 2.24. The quantitative estimate of drug-likeness (QED) is 0.369. The lowest BCUT2D eigenvalue weighted by molar-refractivity contribution is -0.385. The fourth-order valence-electron chi connectivity index (χ4n) is 1.68. The topological polar surface area (TPSA) is 116 Å². The van der Waals surface area contributed by atoms with Crippen LogP contribution in [0.15, 0.2) is 24.7 Å². The lowest BCUT2D eigenvalue weighted by Gasteiger charge is -2.06. The number of carbonyl (C=O) groups is 1. The summed E-state index contributed by atoms with van der Waals surface area (Å²) in [5.41, 5.74) is -0.603. The third-order valence-corrected chi connectivity index (χ3v) is 2.90. The number of nitrogens with zero attached hydrogens (tertiary/aromatic N) is 5. The molecule has 21 heavy (non-hydrogen) atoms. The number of nitro groups is 1. The Bertz CT molecular complexity index is 645. The van der Waals surface area contributed by atoms with Gasteiger partial charge in [0, 0.05) is 25.5 Å². The third-order valence-electron chi connectivity index (χ3n) is 2.63. The molecule has 0 saturated heterocycles. The summed E-state index contributed by atoms with van der Waals surface area (Å²) in [6.07, 6.45) is 5.12. The predicted molar refractivity (Wildman–Crippen MR) is 72.9 cm³/mol. The summed E-state index contributed by atoms with van der Waals surface area (Å²) in [6.45, 7) is 0.926. The van der Waals surface area contributed by atoms with Crippen LogP contribution in [-0.4, -0.2) is 37.4 Å². The normalized spacial score (nSPS) is 10.3. The van der Waals surface area contributed by atoms with Crippen molar-refractivity contribution in [2.24, 2.45) is 0 Å². The smallest absolute Gasteiger partial charge is 0.319 e. The van der Waals surface area contributed by atoms with E-state index in [1.807, 2.05) is 0 Å². The van der Waals surface area contributed by atoms with E-state index in [1.165, 1.54) is 12.3 Å². The average molecular weight is 311 g/mol. The molecular weight excluding hydrogens is 300 g/mol. The molecule has 10 heteroatoms. The zero-order chi connectivity index (χ0) is 15.2. The number of aromatic nitrogens is 4. The number of hydrogen-bond acceptors (Lipinski definition) is 6. The Kier molecular flexibility index (Phi) is 4.77. The average Bonchev–Trinajstić information content (AvgIpc) is 2.95. The number of aryl methyl sites for hydroxylation is 1. The zero-order valence-corrected chi connectivity index (χ0v) is 11.5. The second-order valence-electron chi connectivity index (χ2n) is 4.03. The van der Waals surface area contributed by atoms with Crippen molar-refractivity contribution in [2.75, 3.05) is 6.54 Å². The van der Waals surface area contributed by atoms with Gasteiger partial charge < -0.3 is 5.32 Å². The third kappa shape index (κ3) is 3.72. The van der Waals surface area contributed by atoms with Gasteiger partial charge in [0.25, 0.3) is 5.91 Å². The Morgan fingerprint density at radius 1 is 1.48 bits per heavy atom. The van der Waals surface area contributed by atoms with Crippen LogP contribution in [0.1, 0.15) is 16.8 Å². The molecule has 0 bridgehead atoms. The number of carbonyl (C=O) groups excluding carboxylic acids is 1. The van der Waals surface area contributed by atoms with E-state index in [1.54, 1.807) is 17.1 Å². The molecule has 0 fully saturated rings. The molecule has 110 valence electrons.